The largest absolute Gasteiger partial charge is 0.476 e. The first-order valence-corrected chi connectivity index (χ1v) is 7.11. The normalized spacial score (nSPS) is 12.6. The van der Waals surface area contributed by atoms with Crippen molar-refractivity contribution < 1.29 is 18.3 Å². The molecule has 1 heterocycles. The quantitative estimate of drug-likeness (QED) is 0.671. The lowest BCUT2D eigenvalue weighted by Crippen LogP contribution is -2.47. The summed E-state index contributed by atoms with van der Waals surface area (Å²) in [4.78, 5) is 14.3. The summed E-state index contributed by atoms with van der Waals surface area (Å²) in [5.41, 5.74) is -0.632. The Bertz CT molecular complexity index is 544. The number of aromatic carboxylic acids is 1. The smallest absolute Gasteiger partial charge is 0.356 e. The molecule has 0 saturated heterocycles. The van der Waals surface area contributed by atoms with Crippen molar-refractivity contribution in [1.29, 1.82) is 0 Å². The third kappa shape index (κ3) is 5.81. The number of nitrogens with one attached hydrogen (secondary N) is 2. The minimum absolute atomic E-state index is 0.0735. The summed E-state index contributed by atoms with van der Waals surface area (Å²) >= 11 is 0. The third-order valence-corrected chi connectivity index (χ3v) is 3.42. The summed E-state index contributed by atoms with van der Waals surface area (Å²) < 4.78 is 29.5. The zero-order valence-electron chi connectivity index (χ0n) is 11.0. The molecular formula is C10H18N4O4S. The topological polar surface area (TPSA) is 113 Å². The number of carboxylic acids is 1. The monoisotopic (exact) mass is 290 g/mol. The molecule has 1 rings (SSSR count). The maximum atomic E-state index is 11.6. The second kappa shape index (κ2) is 5.68. The molecular weight excluding hydrogens is 272 g/mol. The minimum atomic E-state index is -3.57. The van der Waals surface area contributed by atoms with Gasteiger partial charge in [-0.15, -0.1) is 0 Å². The van der Waals surface area contributed by atoms with Crippen LogP contribution < -0.4 is 9.44 Å². The summed E-state index contributed by atoms with van der Waals surface area (Å²) in [6.45, 7) is 5.65. The fourth-order valence-corrected chi connectivity index (χ4v) is 2.58. The molecule has 1 aromatic rings. The van der Waals surface area contributed by atoms with E-state index < -0.39 is 21.7 Å². The highest BCUT2D eigenvalue weighted by molar-refractivity contribution is 7.87. The molecule has 0 unspecified atom stereocenters. The molecule has 19 heavy (non-hydrogen) atoms. The van der Waals surface area contributed by atoms with Gasteiger partial charge in [-0.2, -0.15) is 13.1 Å². The van der Waals surface area contributed by atoms with Crippen LogP contribution in [0.15, 0.2) is 12.5 Å². The number of imidazole rings is 1. The van der Waals surface area contributed by atoms with Gasteiger partial charge in [-0.05, 0) is 20.8 Å². The van der Waals surface area contributed by atoms with E-state index in [4.69, 9.17) is 5.11 Å². The number of aromatic nitrogens is 2. The van der Waals surface area contributed by atoms with E-state index in [-0.39, 0.29) is 12.2 Å². The summed E-state index contributed by atoms with van der Waals surface area (Å²) in [5.74, 6) is -1.12. The zero-order valence-corrected chi connectivity index (χ0v) is 11.9. The van der Waals surface area contributed by atoms with Crippen LogP contribution in [0.25, 0.3) is 0 Å². The number of rotatable bonds is 6. The van der Waals surface area contributed by atoms with Crippen molar-refractivity contribution in [2.45, 2.75) is 32.9 Å². The first kappa shape index (κ1) is 15.6. The third-order valence-electron chi connectivity index (χ3n) is 1.95. The van der Waals surface area contributed by atoms with Crippen molar-refractivity contribution >= 4 is 16.2 Å². The van der Waals surface area contributed by atoms with E-state index in [1.54, 1.807) is 20.8 Å². The summed E-state index contributed by atoms with van der Waals surface area (Å²) in [5, 5.41) is 8.68. The second-order valence-corrected chi connectivity index (χ2v) is 6.55. The number of nitrogens with zero attached hydrogens (tertiary/aromatic N) is 2. The SMILES string of the molecule is CC(C)(C)NS(=O)(=O)NCCn1cnc(C(=O)O)c1. The van der Waals surface area contributed by atoms with Crippen LogP contribution in [0.4, 0.5) is 0 Å². The van der Waals surface area contributed by atoms with Crippen LogP contribution in [0.5, 0.6) is 0 Å². The van der Waals surface area contributed by atoms with Gasteiger partial charge in [0.1, 0.15) is 0 Å². The molecule has 3 N–H and O–H groups in total. The molecule has 0 bridgehead atoms. The van der Waals surface area contributed by atoms with Gasteiger partial charge in [0.2, 0.25) is 0 Å². The highest BCUT2D eigenvalue weighted by Crippen LogP contribution is 2.00. The van der Waals surface area contributed by atoms with Crippen molar-refractivity contribution in [2.75, 3.05) is 6.54 Å². The van der Waals surface area contributed by atoms with Gasteiger partial charge in [0, 0.05) is 24.8 Å². The van der Waals surface area contributed by atoms with Gasteiger partial charge in [-0.1, -0.05) is 0 Å². The van der Waals surface area contributed by atoms with Gasteiger partial charge in [0.05, 0.1) is 6.33 Å². The number of carboxylic acid groups (broad SMARTS) is 1. The molecule has 0 fully saturated rings. The molecule has 0 atom stereocenters. The van der Waals surface area contributed by atoms with Crippen molar-refractivity contribution in [3.63, 3.8) is 0 Å². The lowest BCUT2D eigenvalue weighted by Gasteiger charge is -2.20. The maximum Gasteiger partial charge on any atom is 0.356 e. The predicted molar refractivity (Wildman–Crippen MR) is 69.0 cm³/mol. The molecule has 0 aliphatic rings. The van der Waals surface area contributed by atoms with Crippen LogP contribution in [0.3, 0.4) is 0 Å². The van der Waals surface area contributed by atoms with Gasteiger partial charge in [0.15, 0.2) is 5.69 Å². The fourth-order valence-electron chi connectivity index (χ4n) is 1.34. The van der Waals surface area contributed by atoms with Gasteiger partial charge in [0.25, 0.3) is 10.2 Å². The van der Waals surface area contributed by atoms with E-state index >= 15 is 0 Å². The average Bonchev–Trinajstić information content (AvgIpc) is 2.61. The average molecular weight is 290 g/mol. The van der Waals surface area contributed by atoms with Gasteiger partial charge in [-0.3, -0.25) is 0 Å². The Morgan fingerprint density at radius 1 is 1.47 bits per heavy atom. The Balaban J connectivity index is 2.47. The van der Waals surface area contributed by atoms with Crippen LogP contribution in [0, 0.1) is 0 Å². The van der Waals surface area contributed by atoms with Gasteiger partial charge >= 0.3 is 5.97 Å². The molecule has 0 amide bonds. The number of hydrogen-bond acceptors (Lipinski definition) is 4. The molecule has 0 aromatic carbocycles. The van der Waals surface area contributed by atoms with Crippen LogP contribution >= 0.6 is 0 Å². The van der Waals surface area contributed by atoms with E-state index in [1.807, 2.05) is 0 Å². The zero-order chi connectivity index (χ0) is 14.7. The van der Waals surface area contributed by atoms with Gasteiger partial charge in [-0.25, -0.2) is 14.5 Å². The molecule has 0 aliphatic heterocycles. The first-order valence-electron chi connectivity index (χ1n) is 5.63. The van der Waals surface area contributed by atoms with Crippen molar-refractivity contribution in [3.8, 4) is 0 Å². The molecule has 0 aliphatic carbocycles. The van der Waals surface area contributed by atoms with E-state index in [0.717, 1.165) is 0 Å². The lowest BCUT2D eigenvalue weighted by atomic mass is 10.1. The molecule has 0 saturated carbocycles. The van der Waals surface area contributed by atoms with Gasteiger partial charge < -0.3 is 9.67 Å². The van der Waals surface area contributed by atoms with Crippen LogP contribution in [0.1, 0.15) is 31.3 Å². The Labute approximate surface area is 112 Å². The summed E-state index contributed by atoms with van der Waals surface area (Å²) in [6.07, 6.45) is 2.68. The molecule has 0 radical (unpaired) electrons. The lowest BCUT2D eigenvalue weighted by molar-refractivity contribution is 0.0691. The molecule has 0 spiro atoms. The van der Waals surface area contributed by atoms with E-state index in [9.17, 15) is 13.2 Å². The first-order chi connectivity index (χ1) is 8.59. The highest BCUT2D eigenvalue weighted by atomic mass is 32.2. The molecule has 8 nitrogen and oxygen atoms in total. The number of carbonyl (C=O) groups is 1. The van der Waals surface area contributed by atoms with E-state index in [0.29, 0.717) is 6.54 Å². The Morgan fingerprint density at radius 2 is 2.11 bits per heavy atom. The van der Waals surface area contributed by atoms with E-state index in [2.05, 4.69) is 14.4 Å². The van der Waals surface area contributed by atoms with Crippen LogP contribution in [-0.4, -0.2) is 41.1 Å². The van der Waals surface area contributed by atoms with Crippen molar-refractivity contribution in [1.82, 2.24) is 19.0 Å². The fraction of sp³-hybridized carbons (Fsp3) is 0.600. The predicted octanol–water partition coefficient (Wildman–Crippen LogP) is -0.196. The summed E-state index contributed by atoms with van der Waals surface area (Å²) in [6, 6.07) is 0. The standard InChI is InChI=1S/C10H18N4O4S/c1-10(2,3)13-19(17,18)12-4-5-14-6-8(9(15)16)11-7-14/h6-7,12-13H,4-5H2,1-3H3,(H,15,16). The minimum Gasteiger partial charge on any atom is -0.476 e. The van der Waals surface area contributed by atoms with Crippen LogP contribution in [0.2, 0.25) is 0 Å². The number of hydrogen-bond donors (Lipinski definition) is 3. The Morgan fingerprint density at radius 3 is 2.58 bits per heavy atom. The van der Waals surface area contributed by atoms with Crippen molar-refractivity contribution in [3.05, 3.63) is 18.2 Å². The highest BCUT2D eigenvalue weighted by Gasteiger charge is 2.18. The Hall–Kier alpha value is -1.45. The van der Waals surface area contributed by atoms with Crippen LogP contribution in [-0.2, 0) is 16.8 Å². The maximum absolute atomic E-state index is 11.6. The summed E-state index contributed by atoms with van der Waals surface area (Å²) in [7, 11) is -3.57. The molecule has 108 valence electrons. The second-order valence-electron chi connectivity index (χ2n) is 5.05. The van der Waals surface area contributed by atoms with E-state index in [1.165, 1.54) is 17.1 Å². The van der Waals surface area contributed by atoms with Crippen molar-refractivity contribution in [2.24, 2.45) is 0 Å². The molecule has 1 aromatic heterocycles. The molecule has 9 heteroatoms. The Kier molecular flexibility index (Phi) is 4.66.